The third kappa shape index (κ3) is 3.50. The van der Waals surface area contributed by atoms with Crippen LogP contribution in [0.4, 0.5) is 0 Å². The molecular weight excluding hydrogens is 263 g/mol. The van der Waals surface area contributed by atoms with Crippen LogP contribution in [0.5, 0.6) is 0 Å². The van der Waals surface area contributed by atoms with E-state index in [2.05, 4.69) is 52.8 Å². The van der Waals surface area contributed by atoms with Crippen LogP contribution in [-0.4, -0.2) is 29.5 Å². The molecule has 0 spiro atoms. The highest BCUT2D eigenvalue weighted by Gasteiger charge is 2.51. The molecule has 1 saturated heterocycles. The van der Waals surface area contributed by atoms with Crippen LogP contribution in [0.3, 0.4) is 0 Å². The van der Waals surface area contributed by atoms with Gasteiger partial charge in [-0.2, -0.15) is 0 Å². The van der Waals surface area contributed by atoms with Crippen molar-refractivity contribution >= 4 is 12.6 Å². The first kappa shape index (κ1) is 16.5. The van der Waals surface area contributed by atoms with Crippen LogP contribution in [0.15, 0.2) is 18.2 Å². The fraction of sp³-hybridized carbons (Fsp3) is 0.647. The topological polar surface area (TPSA) is 38.7 Å². The van der Waals surface area contributed by atoms with Gasteiger partial charge in [-0.15, -0.1) is 0 Å². The number of rotatable bonds is 4. The molecule has 1 unspecified atom stereocenters. The lowest BCUT2D eigenvalue weighted by molar-refractivity contribution is 0.00578. The van der Waals surface area contributed by atoms with Crippen LogP contribution in [0.2, 0.25) is 0 Å². The summed E-state index contributed by atoms with van der Waals surface area (Å²) >= 11 is 0. The second kappa shape index (κ2) is 5.75. The molecule has 1 N–H and O–H groups in total. The molecule has 1 aromatic rings. The minimum Gasteiger partial charge on any atom is -0.399 e. The summed E-state index contributed by atoms with van der Waals surface area (Å²) in [7, 11) is -0.306. The molecule has 0 bridgehead atoms. The summed E-state index contributed by atoms with van der Waals surface area (Å²) in [5.41, 5.74) is 2.94. The minimum atomic E-state index is -0.309. The first-order valence-corrected chi connectivity index (χ1v) is 7.75. The molecule has 1 aliphatic heterocycles. The van der Waals surface area contributed by atoms with Crippen molar-refractivity contribution < 1.29 is 14.4 Å². The third-order valence-corrected chi connectivity index (χ3v) is 4.72. The maximum atomic E-state index is 9.41. The smallest absolute Gasteiger partial charge is 0.399 e. The van der Waals surface area contributed by atoms with E-state index in [0.717, 1.165) is 18.3 Å². The largest absolute Gasteiger partial charge is 0.494 e. The second-order valence-electron chi connectivity index (χ2n) is 7.16. The van der Waals surface area contributed by atoms with E-state index in [1.165, 1.54) is 11.1 Å². The molecule has 1 fully saturated rings. The number of hydrogen-bond donors (Lipinski definition) is 1. The Bertz CT molecular complexity index is 493. The van der Waals surface area contributed by atoms with E-state index in [1.54, 1.807) is 0 Å². The molecule has 21 heavy (non-hydrogen) atoms. The predicted molar refractivity (Wildman–Crippen MR) is 86.9 cm³/mol. The summed E-state index contributed by atoms with van der Waals surface area (Å²) in [6, 6.07) is 6.34. The van der Waals surface area contributed by atoms with E-state index in [-0.39, 0.29) is 24.4 Å². The van der Waals surface area contributed by atoms with Gasteiger partial charge in [0.25, 0.3) is 0 Å². The van der Waals surface area contributed by atoms with Gasteiger partial charge in [-0.25, -0.2) is 0 Å². The average molecular weight is 290 g/mol. The summed E-state index contributed by atoms with van der Waals surface area (Å²) in [6.45, 7) is 12.2. The van der Waals surface area contributed by atoms with Crippen molar-refractivity contribution in [1.29, 1.82) is 0 Å². The highest BCUT2D eigenvalue weighted by Crippen LogP contribution is 2.36. The van der Waals surface area contributed by atoms with Gasteiger partial charge < -0.3 is 14.4 Å². The number of hydrogen-bond acceptors (Lipinski definition) is 3. The van der Waals surface area contributed by atoms with Crippen LogP contribution in [0.1, 0.15) is 52.2 Å². The average Bonchev–Trinajstić information content (AvgIpc) is 2.56. The van der Waals surface area contributed by atoms with Gasteiger partial charge in [0.1, 0.15) is 0 Å². The van der Waals surface area contributed by atoms with Crippen molar-refractivity contribution in [2.24, 2.45) is 0 Å². The highest BCUT2D eigenvalue weighted by atomic mass is 16.7. The van der Waals surface area contributed by atoms with Crippen molar-refractivity contribution in [2.75, 3.05) is 0 Å². The van der Waals surface area contributed by atoms with Crippen LogP contribution >= 0.6 is 0 Å². The van der Waals surface area contributed by atoms with Crippen molar-refractivity contribution in [2.45, 2.75) is 71.7 Å². The lowest BCUT2D eigenvalue weighted by Gasteiger charge is -2.32. The molecule has 116 valence electrons. The van der Waals surface area contributed by atoms with Crippen LogP contribution in [0, 0.1) is 6.92 Å². The molecule has 2 rings (SSSR count). The Kier molecular flexibility index (Phi) is 4.53. The van der Waals surface area contributed by atoms with Gasteiger partial charge in [0.15, 0.2) is 0 Å². The zero-order valence-corrected chi connectivity index (χ0v) is 14.1. The molecule has 3 nitrogen and oxygen atoms in total. The van der Waals surface area contributed by atoms with Crippen molar-refractivity contribution in [1.82, 2.24) is 0 Å². The molecule has 1 aromatic carbocycles. The molecule has 0 radical (unpaired) electrons. The summed E-state index contributed by atoms with van der Waals surface area (Å²) < 4.78 is 12.2. The Hall–Kier alpha value is -0.835. The van der Waals surface area contributed by atoms with E-state index in [0.29, 0.717) is 0 Å². The number of benzene rings is 1. The Morgan fingerprint density at radius 3 is 2.19 bits per heavy atom. The summed E-state index contributed by atoms with van der Waals surface area (Å²) in [5.74, 6) is 0. The van der Waals surface area contributed by atoms with Gasteiger partial charge >= 0.3 is 7.12 Å². The van der Waals surface area contributed by atoms with Crippen LogP contribution in [0.25, 0.3) is 0 Å². The van der Waals surface area contributed by atoms with Crippen LogP contribution < -0.4 is 5.46 Å². The Morgan fingerprint density at radius 1 is 1.14 bits per heavy atom. The van der Waals surface area contributed by atoms with Gasteiger partial charge in [0.05, 0.1) is 17.3 Å². The number of aliphatic hydroxyl groups is 1. The second-order valence-corrected chi connectivity index (χ2v) is 7.16. The van der Waals surface area contributed by atoms with Gasteiger partial charge in [-0.05, 0) is 71.0 Å². The number of aliphatic hydroxyl groups excluding tert-OH is 1. The molecule has 4 heteroatoms. The Morgan fingerprint density at radius 2 is 1.71 bits per heavy atom. The Labute approximate surface area is 128 Å². The molecule has 1 atom stereocenters. The predicted octanol–water partition coefficient (Wildman–Crippen LogP) is 2.61. The lowest BCUT2D eigenvalue weighted by Crippen LogP contribution is -2.41. The van der Waals surface area contributed by atoms with Gasteiger partial charge in [0, 0.05) is 0 Å². The summed E-state index contributed by atoms with van der Waals surface area (Å²) in [6.07, 6.45) is 1.43. The SMILES string of the molecule is Cc1cc(B2OC(C)(C)C(C)(C)O2)ccc1CCC(C)O. The maximum absolute atomic E-state index is 9.41. The monoisotopic (exact) mass is 290 g/mol. The zero-order chi connectivity index (χ0) is 15.8. The number of aryl methyl sites for hydroxylation is 2. The van der Waals surface area contributed by atoms with E-state index < -0.39 is 0 Å². The molecule has 1 heterocycles. The van der Waals surface area contributed by atoms with Gasteiger partial charge in [0.2, 0.25) is 0 Å². The van der Waals surface area contributed by atoms with Crippen molar-refractivity contribution in [3.63, 3.8) is 0 Å². The maximum Gasteiger partial charge on any atom is 0.494 e. The highest BCUT2D eigenvalue weighted by molar-refractivity contribution is 6.62. The van der Waals surface area contributed by atoms with E-state index in [1.807, 2.05) is 6.92 Å². The van der Waals surface area contributed by atoms with Crippen molar-refractivity contribution in [3.05, 3.63) is 29.3 Å². The molecular formula is C17H27BO3. The Balaban J connectivity index is 2.14. The normalized spacial score (nSPS) is 21.6. The lowest BCUT2D eigenvalue weighted by atomic mass is 9.77. The summed E-state index contributed by atoms with van der Waals surface area (Å²) in [4.78, 5) is 0. The minimum absolute atomic E-state index is 0.257. The molecule has 0 saturated carbocycles. The molecule has 1 aliphatic rings. The fourth-order valence-corrected chi connectivity index (χ4v) is 2.49. The third-order valence-electron chi connectivity index (χ3n) is 4.72. The molecule has 0 amide bonds. The van der Waals surface area contributed by atoms with E-state index in [4.69, 9.17) is 9.31 Å². The van der Waals surface area contributed by atoms with E-state index >= 15 is 0 Å². The zero-order valence-electron chi connectivity index (χ0n) is 14.1. The van der Waals surface area contributed by atoms with E-state index in [9.17, 15) is 5.11 Å². The van der Waals surface area contributed by atoms with Crippen LogP contribution in [-0.2, 0) is 15.7 Å². The van der Waals surface area contributed by atoms with Gasteiger partial charge in [-0.1, -0.05) is 18.2 Å². The quantitative estimate of drug-likeness (QED) is 0.866. The molecule has 0 aromatic heterocycles. The van der Waals surface area contributed by atoms with Crippen molar-refractivity contribution in [3.8, 4) is 0 Å². The first-order chi connectivity index (χ1) is 9.62. The molecule has 0 aliphatic carbocycles. The first-order valence-electron chi connectivity index (χ1n) is 7.75. The summed E-state index contributed by atoms with van der Waals surface area (Å²) in [5, 5.41) is 9.41. The fourth-order valence-electron chi connectivity index (χ4n) is 2.49. The van der Waals surface area contributed by atoms with Gasteiger partial charge in [-0.3, -0.25) is 0 Å². The standard InChI is InChI=1S/C17H27BO3/c1-12-11-15(10-9-14(12)8-7-13(2)19)18-20-16(3,4)17(5,6)21-18/h9-11,13,19H,7-8H2,1-6H3.